The summed E-state index contributed by atoms with van der Waals surface area (Å²) in [6.07, 6.45) is 0. The van der Waals surface area contributed by atoms with Gasteiger partial charge in [0.25, 0.3) is 0 Å². The van der Waals surface area contributed by atoms with Crippen LogP contribution in [-0.2, 0) is 26.1 Å². The number of aromatic nitrogens is 3. The van der Waals surface area contributed by atoms with E-state index in [0.29, 0.717) is 55.1 Å². The summed E-state index contributed by atoms with van der Waals surface area (Å²) in [5.74, 6) is 0.148. The van der Waals surface area contributed by atoms with Crippen LogP contribution < -0.4 is 5.32 Å². The van der Waals surface area contributed by atoms with Crippen LogP contribution in [0.1, 0.15) is 12.5 Å². The number of carbonyl (C=O) groups excluding carboxylic acids is 1. The van der Waals surface area contributed by atoms with Crippen LogP contribution in [0.5, 0.6) is 0 Å². The van der Waals surface area contributed by atoms with Gasteiger partial charge in [0.2, 0.25) is 15.9 Å². The van der Waals surface area contributed by atoms with Gasteiger partial charge in [0, 0.05) is 18.7 Å². The number of halogens is 3. The van der Waals surface area contributed by atoms with Gasteiger partial charge >= 0.3 is 0 Å². The van der Waals surface area contributed by atoms with Crippen LogP contribution in [0.2, 0.25) is 15.1 Å². The van der Waals surface area contributed by atoms with Crippen molar-refractivity contribution in [1.29, 1.82) is 0 Å². The third-order valence-electron chi connectivity index (χ3n) is 6.52. The molecule has 1 aliphatic heterocycles. The molecule has 1 N–H and O–H groups in total. The molecule has 1 aromatic heterocycles. The predicted octanol–water partition coefficient (Wildman–Crippen LogP) is 6.09. The molecule has 0 saturated carbocycles. The third kappa shape index (κ3) is 6.94. The van der Waals surface area contributed by atoms with Crippen molar-refractivity contribution in [3.63, 3.8) is 0 Å². The molecular weight excluding hydrogens is 641 g/mol. The molecule has 0 bridgehead atoms. The fraction of sp³-hybridized carbons (Fsp3) is 0.250. The molecule has 220 valence electrons. The normalized spacial score (nSPS) is 15.0. The maximum absolute atomic E-state index is 13.3. The molecule has 1 aliphatic rings. The van der Waals surface area contributed by atoms with Crippen LogP contribution in [0.15, 0.2) is 76.8 Å². The molecular formula is C28H26Cl3N5O4S2. The molecule has 9 nitrogen and oxygen atoms in total. The van der Waals surface area contributed by atoms with Gasteiger partial charge in [-0.15, -0.1) is 10.2 Å². The number of sulfonamides is 1. The summed E-state index contributed by atoms with van der Waals surface area (Å²) in [6.45, 7) is 3.44. The summed E-state index contributed by atoms with van der Waals surface area (Å²) in [5.41, 5.74) is 1.91. The molecule has 1 atom stereocenters. The summed E-state index contributed by atoms with van der Waals surface area (Å²) in [4.78, 5) is 13.3. The minimum atomic E-state index is -3.72. The van der Waals surface area contributed by atoms with E-state index in [1.165, 1.54) is 28.2 Å². The average molecular weight is 667 g/mol. The Morgan fingerprint density at radius 3 is 2.43 bits per heavy atom. The Morgan fingerprint density at radius 1 is 0.976 bits per heavy atom. The van der Waals surface area contributed by atoms with E-state index in [4.69, 9.17) is 39.5 Å². The number of nitrogens with one attached hydrogen (secondary N) is 1. The molecule has 3 aromatic carbocycles. The first-order valence-corrected chi connectivity index (χ1v) is 16.4. The highest BCUT2D eigenvalue weighted by Crippen LogP contribution is 2.34. The van der Waals surface area contributed by atoms with Gasteiger partial charge in [0.1, 0.15) is 0 Å². The Morgan fingerprint density at radius 2 is 1.69 bits per heavy atom. The molecule has 14 heteroatoms. The summed E-state index contributed by atoms with van der Waals surface area (Å²) in [6, 6.07) is 19.3. The lowest BCUT2D eigenvalue weighted by atomic mass is 10.2. The summed E-state index contributed by atoms with van der Waals surface area (Å²) < 4.78 is 35.3. The highest BCUT2D eigenvalue weighted by atomic mass is 35.5. The van der Waals surface area contributed by atoms with Gasteiger partial charge < -0.3 is 10.1 Å². The van der Waals surface area contributed by atoms with Crippen molar-refractivity contribution in [3.8, 4) is 11.4 Å². The molecule has 0 radical (unpaired) electrons. The van der Waals surface area contributed by atoms with Gasteiger partial charge in [0.15, 0.2) is 11.0 Å². The number of anilines is 1. The van der Waals surface area contributed by atoms with Gasteiger partial charge in [-0.1, -0.05) is 89.0 Å². The van der Waals surface area contributed by atoms with Crippen LogP contribution >= 0.6 is 46.6 Å². The van der Waals surface area contributed by atoms with Crippen molar-refractivity contribution < 1.29 is 17.9 Å². The number of thioether (sulfide) groups is 1. The first-order chi connectivity index (χ1) is 20.1. The Labute approximate surface area is 263 Å². The lowest BCUT2D eigenvalue weighted by molar-refractivity contribution is -0.115. The van der Waals surface area contributed by atoms with Crippen LogP contribution in [0, 0.1) is 0 Å². The highest BCUT2D eigenvalue weighted by Gasteiger charge is 2.28. The molecule has 1 saturated heterocycles. The monoisotopic (exact) mass is 665 g/mol. The smallest absolute Gasteiger partial charge is 0.243 e. The van der Waals surface area contributed by atoms with Gasteiger partial charge in [-0.25, -0.2) is 8.42 Å². The van der Waals surface area contributed by atoms with E-state index in [9.17, 15) is 13.2 Å². The van der Waals surface area contributed by atoms with Crippen molar-refractivity contribution >= 4 is 68.2 Å². The van der Waals surface area contributed by atoms with Crippen LogP contribution in [-0.4, -0.2) is 64.9 Å². The Hall–Kier alpha value is -2.64. The van der Waals surface area contributed by atoms with Crippen molar-refractivity contribution in [1.82, 2.24) is 19.1 Å². The minimum absolute atomic E-state index is 0.164. The van der Waals surface area contributed by atoms with Gasteiger partial charge in [-0.2, -0.15) is 4.31 Å². The summed E-state index contributed by atoms with van der Waals surface area (Å²) in [5, 5.41) is 12.3. The number of rotatable bonds is 9. The molecule has 1 amide bonds. The van der Waals surface area contributed by atoms with Crippen LogP contribution in [0.25, 0.3) is 11.4 Å². The van der Waals surface area contributed by atoms with E-state index in [0.717, 1.165) is 5.56 Å². The number of amides is 1. The summed E-state index contributed by atoms with van der Waals surface area (Å²) >= 11 is 19.6. The molecule has 42 heavy (non-hydrogen) atoms. The number of morpholine rings is 1. The van der Waals surface area contributed by atoms with E-state index in [1.54, 1.807) is 31.2 Å². The zero-order valence-electron chi connectivity index (χ0n) is 22.3. The maximum Gasteiger partial charge on any atom is 0.243 e. The molecule has 4 aromatic rings. The second-order valence-corrected chi connectivity index (χ2v) is 13.9. The molecule has 0 spiro atoms. The SMILES string of the molecule is C[C@H](Sc1nnc(-c2cccc(S(=O)(=O)N3CCOCC3)c2)n1Cc1ccccc1)C(=O)Nc1cc(Cl)c(Cl)cc1Cl. The van der Waals surface area contributed by atoms with Gasteiger partial charge in [-0.3, -0.25) is 9.36 Å². The largest absolute Gasteiger partial charge is 0.379 e. The number of hydrogen-bond acceptors (Lipinski definition) is 7. The lowest BCUT2D eigenvalue weighted by Gasteiger charge is -2.26. The lowest BCUT2D eigenvalue weighted by Crippen LogP contribution is -2.40. The molecule has 1 fully saturated rings. The zero-order chi connectivity index (χ0) is 29.9. The van der Waals surface area contributed by atoms with E-state index in [-0.39, 0.29) is 25.9 Å². The second kappa shape index (κ2) is 13.3. The van der Waals surface area contributed by atoms with Crippen molar-refractivity contribution in [2.45, 2.75) is 28.8 Å². The van der Waals surface area contributed by atoms with Crippen molar-refractivity contribution in [2.75, 3.05) is 31.6 Å². The van der Waals surface area contributed by atoms with Crippen molar-refractivity contribution in [3.05, 3.63) is 87.4 Å². The maximum atomic E-state index is 13.3. The molecule has 0 aliphatic carbocycles. The van der Waals surface area contributed by atoms with E-state index >= 15 is 0 Å². The van der Waals surface area contributed by atoms with Crippen molar-refractivity contribution in [2.24, 2.45) is 0 Å². The van der Waals surface area contributed by atoms with Crippen LogP contribution in [0.4, 0.5) is 5.69 Å². The zero-order valence-corrected chi connectivity index (χ0v) is 26.2. The van der Waals surface area contributed by atoms with E-state index < -0.39 is 15.3 Å². The first kappa shape index (κ1) is 30.8. The molecule has 0 unspecified atom stereocenters. The Bertz CT molecular complexity index is 1700. The molecule has 5 rings (SSSR count). The highest BCUT2D eigenvalue weighted by molar-refractivity contribution is 8.00. The molecule has 2 heterocycles. The van der Waals surface area contributed by atoms with E-state index in [2.05, 4.69) is 15.5 Å². The Balaban J connectivity index is 1.45. The van der Waals surface area contributed by atoms with Gasteiger partial charge in [-0.05, 0) is 36.8 Å². The van der Waals surface area contributed by atoms with E-state index in [1.807, 2.05) is 34.9 Å². The average Bonchev–Trinajstić information content (AvgIpc) is 3.38. The third-order valence-corrected chi connectivity index (χ3v) is 10.5. The topological polar surface area (TPSA) is 106 Å². The first-order valence-electron chi connectivity index (χ1n) is 12.9. The van der Waals surface area contributed by atoms with Gasteiger partial charge in [0.05, 0.1) is 50.7 Å². The quantitative estimate of drug-likeness (QED) is 0.170. The standard InChI is InChI=1S/C28H26Cl3N5O4S2/c1-18(27(37)32-25-16-23(30)22(29)15-24(25)31)41-28-34-33-26(36(28)17-19-6-3-2-4-7-19)20-8-5-9-21(14-20)42(38,39)35-10-12-40-13-11-35/h2-9,14-16,18H,10-13,17H2,1H3,(H,32,37)/t18-/m0/s1. The number of benzene rings is 3. The minimum Gasteiger partial charge on any atom is -0.379 e. The Kier molecular flexibility index (Phi) is 9.78. The fourth-order valence-electron chi connectivity index (χ4n) is 4.29. The fourth-order valence-corrected chi connectivity index (χ4v) is 7.19. The second-order valence-electron chi connectivity index (χ2n) is 9.42. The number of carbonyl (C=O) groups is 1. The number of hydrogen-bond donors (Lipinski definition) is 1. The van der Waals surface area contributed by atoms with Crippen LogP contribution in [0.3, 0.4) is 0 Å². The predicted molar refractivity (Wildman–Crippen MR) is 166 cm³/mol. The summed E-state index contributed by atoms with van der Waals surface area (Å²) in [7, 11) is -3.72. The number of ether oxygens (including phenoxy) is 1. The number of nitrogens with zero attached hydrogens (tertiary/aromatic N) is 4.